The molecule has 0 radical (unpaired) electrons. The topological polar surface area (TPSA) is 55.1 Å². The molecular formula is C12H24N2O. The van der Waals surface area contributed by atoms with Gasteiger partial charge in [0.05, 0.1) is 0 Å². The average molecular weight is 212 g/mol. The van der Waals surface area contributed by atoms with Crippen molar-refractivity contribution in [2.75, 3.05) is 13.1 Å². The smallest absolute Gasteiger partial charge is 0.221 e. The summed E-state index contributed by atoms with van der Waals surface area (Å²) in [6.07, 6.45) is 8.29. The fraction of sp³-hybridized carbons (Fsp3) is 0.917. The maximum atomic E-state index is 10.8. The van der Waals surface area contributed by atoms with Crippen LogP contribution in [-0.4, -0.2) is 19.0 Å². The van der Waals surface area contributed by atoms with Crippen molar-refractivity contribution in [3.8, 4) is 0 Å². The average Bonchev–Trinajstić information content (AvgIpc) is 2.69. The Hall–Kier alpha value is -0.570. The fourth-order valence-electron chi connectivity index (χ4n) is 2.23. The minimum absolute atomic E-state index is 0.0449. The van der Waals surface area contributed by atoms with Gasteiger partial charge in [0.2, 0.25) is 5.91 Å². The van der Waals surface area contributed by atoms with Crippen molar-refractivity contribution in [2.45, 2.75) is 45.4 Å². The minimum Gasteiger partial charge on any atom is -0.369 e. The fourth-order valence-corrected chi connectivity index (χ4v) is 2.23. The van der Waals surface area contributed by atoms with Crippen LogP contribution in [0.2, 0.25) is 0 Å². The van der Waals surface area contributed by atoms with Gasteiger partial charge in [-0.25, -0.2) is 0 Å². The number of carbonyl (C=O) groups excluding carboxylic acids is 1. The molecular weight excluding hydrogens is 188 g/mol. The normalized spacial score (nSPS) is 19.3. The van der Waals surface area contributed by atoms with Gasteiger partial charge in [-0.1, -0.05) is 32.6 Å². The van der Waals surface area contributed by atoms with E-state index >= 15 is 0 Å². The van der Waals surface area contributed by atoms with E-state index in [9.17, 15) is 4.79 Å². The summed E-state index contributed by atoms with van der Waals surface area (Å²) in [6.45, 7) is 3.61. The summed E-state index contributed by atoms with van der Waals surface area (Å²) in [7, 11) is 0. The number of hydrogen-bond donors (Lipinski definition) is 2. The Balaban J connectivity index is 1.90. The van der Waals surface area contributed by atoms with E-state index in [1.165, 1.54) is 38.5 Å². The van der Waals surface area contributed by atoms with Crippen molar-refractivity contribution in [1.82, 2.24) is 5.32 Å². The molecule has 0 aliphatic heterocycles. The zero-order chi connectivity index (χ0) is 11.1. The van der Waals surface area contributed by atoms with E-state index < -0.39 is 0 Å². The van der Waals surface area contributed by atoms with E-state index in [-0.39, 0.29) is 11.8 Å². The third-order valence-electron chi connectivity index (χ3n) is 3.38. The highest BCUT2D eigenvalue weighted by Crippen LogP contribution is 2.28. The number of hydrogen-bond acceptors (Lipinski definition) is 2. The Kier molecular flexibility index (Phi) is 5.69. The van der Waals surface area contributed by atoms with Gasteiger partial charge < -0.3 is 11.1 Å². The predicted molar refractivity (Wildman–Crippen MR) is 62.4 cm³/mol. The van der Waals surface area contributed by atoms with Crippen LogP contribution in [0.25, 0.3) is 0 Å². The van der Waals surface area contributed by atoms with E-state index in [4.69, 9.17) is 5.73 Å². The van der Waals surface area contributed by atoms with Gasteiger partial charge in [-0.3, -0.25) is 4.79 Å². The molecule has 1 aliphatic rings. The predicted octanol–water partition coefficient (Wildman–Crippen LogP) is 1.67. The van der Waals surface area contributed by atoms with E-state index in [0.29, 0.717) is 0 Å². The SMILES string of the molecule is CC(CNCCCC1CCCC1)C(N)=O. The van der Waals surface area contributed by atoms with E-state index in [1.54, 1.807) is 0 Å². The molecule has 0 saturated heterocycles. The maximum absolute atomic E-state index is 10.8. The van der Waals surface area contributed by atoms with Crippen molar-refractivity contribution in [1.29, 1.82) is 0 Å². The molecule has 0 heterocycles. The lowest BCUT2D eigenvalue weighted by Gasteiger charge is -2.11. The summed E-state index contributed by atoms with van der Waals surface area (Å²) >= 11 is 0. The molecule has 3 heteroatoms. The Morgan fingerprint density at radius 2 is 2.13 bits per heavy atom. The lowest BCUT2D eigenvalue weighted by molar-refractivity contribution is -0.121. The first kappa shape index (κ1) is 12.5. The van der Waals surface area contributed by atoms with E-state index in [0.717, 1.165) is 19.0 Å². The minimum atomic E-state index is -0.210. The molecule has 0 aromatic carbocycles. The largest absolute Gasteiger partial charge is 0.369 e. The molecule has 0 aromatic heterocycles. The van der Waals surface area contributed by atoms with Gasteiger partial charge in [-0.05, 0) is 25.3 Å². The van der Waals surface area contributed by atoms with Gasteiger partial charge in [0.25, 0.3) is 0 Å². The summed E-state index contributed by atoms with van der Waals surface area (Å²) in [5.41, 5.74) is 5.17. The van der Waals surface area contributed by atoms with Crippen molar-refractivity contribution >= 4 is 5.91 Å². The molecule has 1 fully saturated rings. The number of nitrogens with one attached hydrogen (secondary N) is 1. The van der Waals surface area contributed by atoms with Crippen LogP contribution in [-0.2, 0) is 4.79 Å². The molecule has 0 spiro atoms. The maximum Gasteiger partial charge on any atom is 0.221 e. The summed E-state index contributed by atoms with van der Waals surface area (Å²) in [5.74, 6) is 0.718. The van der Waals surface area contributed by atoms with Crippen LogP contribution in [0.5, 0.6) is 0 Å². The molecule has 1 aliphatic carbocycles. The molecule has 0 aromatic rings. The lowest BCUT2D eigenvalue weighted by Crippen LogP contribution is -2.31. The van der Waals surface area contributed by atoms with E-state index in [1.807, 2.05) is 6.92 Å². The second-order valence-corrected chi connectivity index (χ2v) is 4.80. The van der Waals surface area contributed by atoms with Crippen LogP contribution in [0.15, 0.2) is 0 Å². The monoisotopic (exact) mass is 212 g/mol. The van der Waals surface area contributed by atoms with Crippen LogP contribution in [0.4, 0.5) is 0 Å². The molecule has 88 valence electrons. The van der Waals surface area contributed by atoms with Gasteiger partial charge in [0.15, 0.2) is 0 Å². The number of carbonyl (C=O) groups is 1. The zero-order valence-electron chi connectivity index (χ0n) is 9.80. The lowest BCUT2D eigenvalue weighted by atomic mass is 10.0. The third kappa shape index (κ3) is 5.17. The van der Waals surface area contributed by atoms with Gasteiger partial charge in [-0.15, -0.1) is 0 Å². The summed E-state index contributed by atoms with van der Waals surface area (Å²) in [4.78, 5) is 10.8. The van der Waals surface area contributed by atoms with Crippen molar-refractivity contribution < 1.29 is 4.79 Å². The van der Waals surface area contributed by atoms with Crippen LogP contribution in [0.3, 0.4) is 0 Å². The summed E-state index contributed by atoms with van der Waals surface area (Å²) in [5, 5.41) is 3.29. The Labute approximate surface area is 92.8 Å². The second kappa shape index (κ2) is 6.83. The van der Waals surface area contributed by atoms with Crippen molar-refractivity contribution in [3.05, 3.63) is 0 Å². The van der Waals surface area contributed by atoms with Gasteiger partial charge in [0.1, 0.15) is 0 Å². The highest BCUT2D eigenvalue weighted by Gasteiger charge is 2.14. The first-order chi connectivity index (χ1) is 7.20. The second-order valence-electron chi connectivity index (χ2n) is 4.80. The highest BCUT2D eigenvalue weighted by molar-refractivity contribution is 5.76. The molecule has 1 atom stereocenters. The molecule has 1 unspecified atom stereocenters. The number of amides is 1. The molecule has 3 nitrogen and oxygen atoms in total. The Bertz CT molecular complexity index is 188. The van der Waals surface area contributed by atoms with Crippen LogP contribution < -0.4 is 11.1 Å². The van der Waals surface area contributed by atoms with Crippen LogP contribution in [0, 0.1) is 11.8 Å². The number of rotatable bonds is 7. The first-order valence-electron chi connectivity index (χ1n) is 6.20. The summed E-state index contributed by atoms with van der Waals surface area (Å²) < 4.78 is 0. The Morgan fingerprint density at radius 1 is 1.47 bits per heavy atom. The molecule has 1 amide bonds. The molecule has 0 bridgehead atoms. The summed E-state index contributed by atoms with van der Waals surface area (Å²) in [6, 6.07) is 0. The van der Waals surface area contributed by atoms with Gasteiger partial charge >= 0.3 is 0 Å². The quantitative estimate of drug-likeness (QED) is 0.631. The van der Waals surface area contributed by atoms with Crippen molar-refractivity contribution in [2.24, 2.45) is 17.6 Å². The molecule has 3 N–H and O–H groups in total. The Morgan fingerprint density at radius 3 is 2.73 bits per heavy atom. The zero-order valence-corrected chi connectivity index (χ0v) is 9.80. The number of nitrogens with two attached hydrogens (primary N) is 1. The van der Waals surface area contributed by atoms with Crippen LogP contribution in [0.1, 0.15) is 45.4 Å². The van der Waals surface area contributed by atoms with Gasteiger partial charge in [0, 0.05) is 12.5 Å². The molecule has 1 saturated carbocycles. The van der Waals surface area contributed by atoms with Crippen LogP contribution >= 0.6 is 0 Å². The van der Waals surface area contributed by atoms with Gasteiger partial charge in [-0.2, -0.15) is 0 Å². The molecule has 15 heavy (non-hydrogen) atoms. The van der Waals surface area contributed by atoms with Crippen molar-refractivity contribution in [3.63, 3.8) is 0 Å². The molecule has 1 rings (SSSR count). The standard InChI is InChI=1S/C12H24N2O/c1-10(12(13)15)9-14-8-4-7-11-5-2-3-6-11/h10-11,14H,2-9H2,1H3,(H2,13,15). The first-order valence-corrected chi connectivity index (χ1v) is 6.20. The number of primary amides is 1. The highest BCUT2D eigenvalue weighted by atomic mass is 16.1. The van der Waals surface area contributed by atoms with E-state index in [2.05, 4.69) is 5.32 Å². The third-order valence-corrected chi connectivity index (χ3v) is 3.38.